The van der Waals surface area contributed by atoms with Crippen LogP contribution in [-0.4, -0.2) is 17.8 Å². The molecule has 0 saturated carbocycles. The van der Waals surface area contributed by atoms with Crippen molar-refractivity contribution in [3.05, 3.63) is 97.7 Å². The van der Waals surface area contributed by atoms with Crippen molar-refractivity contribution in [2.45, 2.75) is 6.61 Å². The van der Waals surface area contributed by atoms with Crippen LogP contribution in [0.4, 0.5) is 14.9 Å². The number of rotatable bonds is 5. The second kappa shape index (κ2) is 9.97. The van der Waals surface area contributed by atoms with Gasteiger partial charge in [0.25, 0.3) is 11.8 Å². The van der Waals surface area contributed by atoms with Crippen molar-refractivity contribution >= 4 is 68.7 Å². The summed E-state index contributed by atoms with van der Waals surface area (Å²) >= 11 is 15.7. The van der Waals surface area contributed by atoms with E-state index in [2.05, 4.69) is 21.2 Å². The number of urea groups is 1. The van der Waals surface area contributed by atoms with E-state index in [0.29, 0.717) is 25.7 Å². The van der Waals surface area contributed by atoms with Crippen LogP contribution >= 0.6 is 39.1 Å². The Kier molecular flexibility index (Phi) is 7.02. The van der Waals surface area contributed by atoms with Crippen LogP contribution in [0.1, 0.15) is 11.1 Å². The fraction of sp³-hybridized carbons (Fsp3) is 0.0417. The molecule has 0 atom stereocenters. The molecule has 34 heavy (non-hydrogen) atoms. The maximum atomic E-state index is 13.6. The van der Waals surface area contributed by atoms with Gasteiger partial charge in [0.05, 0.1) is 15.2 Å². The number of benzene rings is 3. The molecular formula is C24H14BrCl2FN2O4. The summed E-state index contributed by atoms with van der Waals surface area (Å²) in [6.45, 7) is 0.238. The first-order chi connectivity index (χ1) is 16.2. The third kappa shape index (κ3) is 5.14. The Morgan fingerprint density at radius 3 is 2.44 bits per heavy atom. The van der Waals surface area contributed by atoms with E-state index in [9.17, 15) is 18.8 Å². The number of amides is 4. The number of carbonyl (C=O) groups excluding carboxylic acids is 3. The number of nitrogens with one attached hydrogen (secondary N) is 1. The van der Waals surface area contributed by atoms with E-state index in [1.54, 1.807) is 18.2 Å². The zero-order valence-electron chi connectivity index (χ0n) is 17.2. The fourth-order valence-electron chi connectivity index (χ4n) is 3.21. The van der Waals surface area contributed by atoms with Crippen LogP contribution in [0.3, 0.4) is 0 Å². The van der Waals surface area contributed by atoms with Crippen LogP contribution in [0, 0.1) is 5.82 Å². The van der Waals surface area contributed by atoms with E-state index < -0.39 is 23.7 Å². The molecule has 0 aliphatic carbocycles. The van der Waals surface area contributed by atoms with Crippen LogP contribution in [0.5, 0.6) is 5.75 Å². The predicted molar refractivity (Wildman–Crippen MR) is 130 cm³/mol. The summed E-state index contributed by atoms with van der Waals surface area (Å²) in [5.41, 5.74) is 0.959. The molecule has 6 nitrogen and oxygen atoms in total. The number of imide groups is 2. The van der Waals surface area contributed by atoms with Crippen molar-refractivity contribution in [3.63, 3.8) is 0 Å². The highest BCUT2D eigenvalue weighted by molar-refractivity contribution is 9.10. The Bertz CT molecular complexity index is 1320. The monoisotopic (exact) mass is 562 g/mol. The highest BCUT2D eigenvalue weighted by Gasteiger charge is 2.37. The number of carbonyl (C=O) groups is 3. The molecule has 1 heterocycles. The number of ether oxygens (including phenoxy) is 1. The fourth-order valence-corrected chi connectivity index (χ4v) is 4.33. The molecule has 3 aromatic rings. The van der Waals surface area contributed by atoms with E-state index in [-0.39, 0.29) is 22.9 Å². The molecule has 0 bridgehead atoms. The largest absolute Gasteiger partial charge is 0.486 e. The molecule has 1 saturated heterocycles. The lowest BCUT2D eigenvalue weighted by Crippen LogP contribution is -2.54. The van der Waals surface area contributed by atoms with Gasteiger partial charge in [-0.2, -0.15) is 0 Å². The van der Waals surface area contributed by atoms with E-state index in [4.69, 9.17) is 27.9 Å². The maximum Gasteiger partial charge on any atom is 0.335 e. The standard InChI is InChI=1S/C24H14BrCl2FN2O4/c25-19-9-14(10-20(27)21(19)34-12-13-4-6-15(26)7-5-13)8-18-22(31)29-24(33)30(23(18)32)17-3-1-2-16(28)11-17/h1-11H,12H2,(H,29,31,33)/b18-8+. The second-order valence-corrected chi connectivity index (χ2v) is 8.86. The highest BCUT2D eigenvalue weighted by atomic mass is 79.9. The third-order valence-electron chi connectivity index (χ3n) is 4.80. The van der Waals surface area contributed by atoms with Gasteiger partial charge in [0.1, 0.15) is 18.0 Å². The predicted octanol–water partition coefficient (Wildman–Crippen LogP) is 6.14. The lowest BCUT2D eigenvalue weighted by Gasteiger charge is -2.26. The average molecular weight is 564 g/mol. The van der Waals surface area contributed by atoms with Gasteiger partial charge in [0, 0.05) is 5.02 Å². The minimum atomic E-state index is -0.970. The molecular weight excluding hydrogens is 550 g/mol. The first-order valence-electron chi connectivity index (χ1n) is 9.76. The molecule has 4 rings (SSSR count). The summed E-state index contributed by atoms with van der Waals surface area (Å²) in [5, 5.41) is 2.93. The molecule has 0 spiro atoms. The summed E-state index contributed by atoms with van der Waals surface area (Å²) < 4.78 is 19.9. The molecule has 0 aromatic heterocycles. The average Bonchev–Trinajstić information content (AvgIpc) is 2.77. The summed E-state index contributed by atoms with van der Waals surface area (Å²) in [5.74, 6) is -2.03. The summed E-state index contributed by atoms with van der Waals surface area (Å²) in [4.78, 5) is 38.3. The highest BCUT2D eigenvalue weighted by Crippen LogP contribution is 2.36. The van der Waals surface area contributed by atoms with Crippen molar-refractivity contribution < 1.29 is 23.5 Å². The Hall–Kier alpha value is -3.20. The van der Waals surface area contributed by atoms with Crippen LogP contribution in [0.15, 0.2) is 70.7 Å². The maximum absolute atomic E-state index is 13.6. The quantitative estimate of drug-likeness (QED) is 0.299. The Morgan fingerprint density at radius 2 is 1.76 bits per heavy atom. The van der Waals surface area contributed by atoms with E-state index in [1.807, 2.05) is 12.1 Å². The normalized spacial score (nSPS) is 15.0. The number of anilines is 1. The van der Waals surface area contributed by atoms with Gasteiger partial charge < -0.3 is 4.74 Å². The number of halogens is 4. The SMILES string of the molecule is O=C1NC(=O)N(c2cccc(F)c2)C(=O)/C1=C/c1cc(Cl)c(OCc2ccc(Cl)cc2)c(Br)c1. The van der Waals surface area contributed by atoms with Crippen molar-refractivity contribution in [2.24, 2.45) is 0 Å². The molecule has 4 amide bonds. The minimum absolute atomic E-state index is 0.00828. The van der Waals surface area contributed by atoms with Gasteiger partial charge in [0.2, 0.25) is 0 Å². The van der Waals surface area contributed by atoms with Gasteiger partial charge in [-0.25, -0.2) is 14.1 Å². The topological polar surface area (TPSA) is 75.7 Å². The number of hydrogen-bond acceptors (Lipinski definition) is 4. The summed E-state index contributed by atoms with van der Waals surface area (Å²) in [6.07, 6.45) is 1.29. The van der Waals surface area contributed by atoms with Gasteiger partial charge in [0.15, 0.2) is 5.75 Å². The molecule has 1 N–H and O–H groups in total. The summed E-state index contributed by atoms with van der Waals surface area (Å²) in [7, 11) is 0. The molecule has 1 fully saturated rings. The number of nitrogens with zero attached hydrogens (tertiary/aromatic N) is 1. The van der Waals surface area contributed by atoms with Gasteiger partial charge >= 0.3 is 6.03 Å². The molecule has 0 unspecified atom stereocenters. The first kappa shape index (κ1) is 23.9. The Labute approximate surface area is 212 Å². The number of hydrogen-bond donors (Lipinski definition) is 1. The second-order valence-electron chi connectivity index (χ2n) is 7.17. The van der Waals surface area contributed by atoms with Crippen molar-refractivity contribution in [1.82, 2.24) is 5.32 Å². The van der Waals surface area contributed by atoms with Gasteiger partial charge in [-0.15, -0.1) is 0 Å². The van der Waals surface area contributed by atoms with Gasteiger partial charge in [-0.05, 0) is 75.6 Å². The first-order valence-corrected chi connectivity index (χ1v) is 11.3. The minimum Gasteiger partial charge on any atom is -0.486 e. The lowest BCUT2D eigenvalue weighted by molar-refractivity contribution is -0.122. The van der Waals surface area contributed by atoms with Crippen LogP contribution in [0.25, 0.3) is 6.08 Å². The Balaban J connectivity index is 1.60. The molecule has 10 heteroatoms. The molecule has 1 aliphatic rings. The third-order valence-corrected chi connectivity index (χ3v) is 5.92. The van der Waals surface area contributed by atoms with Crippen LogP contribution < -0.4 is 15.0 Å². The zero-order chi connectivity index (χ0) is 24.4. The molecule has 172 valence electrons. The number of barbiturate groups is 1. The smallest absolute Gasteiger partial charge is 0.335 e. The van der Waals surface area contributed by atoms with E-state index in [0.717, 1.165) is 11.6 Å². The Morgan fingerprint density at radius 1 is 1.03 bits per heavy atom. The molecule has 0 radical (unpaired) electrons. The zero-order valence-corrected chi connectivity index (χ0v) is 20.2. The van der Waals surface area contributed by atoms with Crippen molar-refractivity contribution in [2.75, 3.05) is 4.90 Å². The summed E-state index contributed by atoms with van der Waals surface area (Å²) in [6, 6.07) is 14.2. The van der Waals surface area contributed by atoms with Crippen LogP contribution in [0.2, 0.25) is 10.0 Å². The van der Waals surface area contributed by atoms with Gasteiger partial charge in [-0.3, -0.25) is 14.9 Å². The van der Waals surface area contributed by atoms with E-state index in [1.165, 1.54) is 30.3 Å². The molecule has 1 aliphatic heterocycles. The van der Waals surface area contributed by atoms with E-state index >= 15 is 0 Å². The van der Waals surface area contributed by atoms with Gasteiger partial charge in [-0.1, -0.05) is 41.4 Å². The molecule has 3 aromatic carbocycles. The van der Waals surface area contributed by atoms with Crippen molar-refractivity contribution in [1.29, 1.82) is 0 Å². The lowest BCUT2D eigenvalue weighted by atomic mass is 10.1. The van der Waals surface area contributed by atoms with Crippen molar-refractivity contribution in [3.8, 4) is 5.75 Å². The van der Waals surface area contributed by atoms with Crippen LogP contribution in [-0.2, 0) is 16.2 Å².